The van der Waals surface area contributed by atoms with Crippen LogP contribution in [0.4, 0.5) is 4.39 Å². The highest BCUT2D eigenvalue weighted by atomic mass is 35.5. The Labute approximate surface area is 156 Å². The van der Waals surface area contributed by atoms with Crippen molar-refractivity contribution in [2.24, 2.45) is 0 Å². The highest BCUT2D eigenvalue weighted by Gasteiger charge is 2.12. The fourth-order valence-electron chi connectivity index (χ4n) is 2.63. The van der Waals surface area contributed by atoms with Crippen molar-refractivity contribution in [1.29, 1.82) is 0 Å². The van der Waals surface area contributed by atoms with Crippen molar-refractivity contribution in [2.75, 3.05) is 0 Å². The Kier molecular flexibility index (Phi) is 3.64. The first kappa shape index (κ1) is 14.2. The van der Waals surface area contributed by atoms with E-state index in [1.54, 1.807) is 6.07 Å². The van der Waals surface area contributed by atoms with Crippen LogP contribution in [0.3, 0.4) is 0 Å². The van der Waals surface area contributed by atoms with Gasteiger partial charge in [-0.2, -0.15) is 5.10 Å². The molecule has 6 heteroatoms. The molecule has 0 atom stereocenters. The number of rotatable bonds is 4. The first-order chi connectivity index (χ1) is 13.5. The maximum absolute atomic E-state index is 14.5. The lowest BCUT2D eigenvalue weighted by Gasteiger charge is -2.10. The molecule has 3 aromatic carbocycles. The van der Waals surface area contributed by atoms with Crippen LogP contribution in [-0.4, -0.2) is 14.9 Å². The van der Waals surface area contributed by atoms with Gasteiger partial charge in [0.25, 0.3) is 0 Å². The molecule has 0 aliphatic rings. The lowest BCUT2D eigenvalue weighted by atomic mass is 10.2. The number of fused-ring (bicyclic) bond motifs is 1. The zero-order chi connectivity index (χ0) is 19.8. The summed E-state index contributed by atoms with van der Waals surface area (Å²) in [5.74, 6) is -0.928. The molecule has 0 amide bonds. The minimum absolute atomic E-state index is 0.00874. The van der Waals surface area contributed by atoms with Gasteiger partial charge in [0.05, 0.1) is 25.5 Å². The average Bonchev–Trinajstić information content (AvgIpc) is 3.02. The largest absolute Gasteiger partial charge is 0.507 e. The smallest absolute Gasteiger partial charge is 0.167 e. The molecule has 0 bridgehead atoms. The van der Waals surface area contributed by atoms with Crippen molar-refractivity contribution in [3.63, 3.8) is 0 Å². The number of benzene rings is 3. The van der Waals surface area contributed by atoms with Crippen LogP contribution in [0.5, 0.6) is 11.5 Å². The van der Waals surface area contributed by atoms with Gasteiger partial charge in [-0.25, -0.2) is 9.07 Å². The highest BCUT2D eigenvalue weighted by Crippen LogP contribution is 2.31. The number of phenolic OH excluding ortho intramolecular Hbond substituents is 1. The minimum Gasteiger partial charge on any atom is -0.507 e. The summed E-state index contributed by atoms with van der Waals surface area (Å²) in [7, 11) is 0. The maximum atomic E-state index is 14.5. The molecule has 0 fully saturated rings. The first-order valence-electron chi connectivity index (χ1n) is 8.79. The second-order valence-electron chi connectivity index (χ2n) is 5.64. The van der Waals surface area contributed by atoms with Crippen molar-refractivity contribution < 1.29 is 17.0 Å². The van der Waals surface area contributed by atoms with Crippen LogP contribution in [0.15, 0.2) is 66.8 Å². The Hall–Kier alpha value is -3.05. The number of aromatic nitrogens is 2. The van der Waals surface area contributed by atoms with E-state index >= 15 is 0 Å². The van der Waals surface area contributed by atoms with Gasteiger partial charge in [-0.1, -0.05) is 41.9 Å². The third-order valence-electron chi connectivity index (χ3n) is 3.88. The molecule has 0 aliphatic carbocycles. The Bertz CT molecular complexity index is 1180. The molecular weight excluding hydrogens is 355 g/mol. The fraction of sp³-hybridized carbons (Fsp3) is 0.0500. The van der Waals surface area contributed by atoms with Gasteiger partial charge in [-0.3, -0.25) is 0 Å². The van der Waals surface area contributed by atoms with Crippen LogP contribution in [0.2, 0.25) is 5.02 Å². The monoisotopic (exact) mass is 370 g/mol. The topological polar surface area (TPSA) is 47.3 Å². The number of nitrogens with zero attached hydrogens (tertiary/aromatic N) is 2. The molecule has 0 saturated carbocycles. The molecule has 0 saturated heterocycles. The van der Waals surface area contributed by atoms with Crippen molar-refractivity contribution in [3.8, 4) is 17.2 Å². The molecule has 0 spiro atoms. The number of phenols is 1. The van der Waals surface area contributed by atoms with E-state index in [-0.39, 0.29) is 35.0 Å². The maximum Gasteiger partial charge on any atom is 0.167 e. The second-order valence-corrected chi connectivity index (χ2v) is 6.05. The summed E-state index contributed by atoms with van der Waals surface area (Å²) in [6.07, 6.45) is -0.234. The molecule has 1 aromatic heterocycles. The predicted molar refractivity (Wildman–Crippen MR) is 98.5 cm³/mol. The quantitative estimate of drug-likeness (QED) is 0.543. The fourth-order valence-corrected chi connectivity index (χ4v) is 2.82. The number of ether oxygens (including phenoxy) is 1. The molecule has 4 nitrogen and oxygen atoms in total. The normalized spacial score (nSPS) is 12.1. The van der Waals surface area contributed by atoms with Crippen molar-refractivity contribution in [1.82, 2.24) is 9.78 Å². The predicted octanol–water partition coefficient (Wildman–Crippen LogP) is 5.10. The second kappa shape index (κ2) is 6.69. The van der Waals surface area contributed by atoms with Crippen LogP contribution in [0, 0.1) is 5.82 Å². The number of aromatic hydroxyl groups is 1. The molecule has 1 heterocycles. The Balaban J connectivity index is 1.70. The number of halogens is 2. The Morgan fingerprint density at radius 2 is 2.00 bits per heavy atom. The van der Waals surface area contributed by atoms with Gasteiger partial charge < -0.3 is 9.84 Å². The SMILES string of the molecule is [2H]c1c(Cl)cc2c(c([2H])nn2-c2ccc(OCc3ccccc3)c(F)c2)c1O. The molecule has 4 aromatic rings. The van der Waals surface area contributed by atoms with Crippen LogP contribution in [0.1, 0.15) is 8.30 Å². The molecule has 130 valence electrons. The van der Waals surface area contributed by atoms with Gasteiger partial charge in [0.2, 0.25) is 0 Å². The van der Waals surface area contributed by atoms with E-state index in [4.69, 9.17) is 19.1 Å². The average molecular weight is 371 g/mol. The van der Waals surface area contributed by atoms with E-state index in [2.05, 4.69) is 5.10 Å². The standard InChI is InChI=1S/C20H14ClFN2O2/c21-14-8-18-16(19(25)9-14)11-23-24(18)15-6-7-20(17(22)10-15)26-12-13-4-2-1-3-5-13/h1-11,25H,12H2/i9D,11D. The number of hydrogen-bond acceptors (Lipinski definition) is 3. The van der Waals surface area contributed by atoms with Crippen LogP contribution in [0.25, 0.3) is 16.6 Å². The summed E-state index contributed by atoms with van der Waals surface area (Å²) in [5.41, 5.74) is 1.56. The summed E-state index contributed by atoms with van der Waals surface area (Å²) >= 11 is 5.97. The minimum atomic E-state index is -0.587. The molecule has 0 aliphatic heterocycles. The van der Waals surface area contributed by atoms with E-state index < -0.39 is 11.6 Å². The van der Waals surface area contributed by atoms with Gasteiger partial charge in [0.15, 0.2) is 11.6 Å². The van der Waals surface area contributed by atoms with Gasteiger partial charge in [-0.05, 0) is 29.8 Å². The Morgan fingerprint density at radius 3 is 2.77 bits per heavy atom. The Morgan fingerprint density at radius 1 is 1.19 bits per heavy atom. The molecule has 0 radical (unpaired) electrons. The van der Waals surface area contributed by atoms with Gasteiger partial charge in [-0.15, -0.1) is 0 Å². The summed E-state index contributed by atoms with van der Waals surface area (Å²) in [5, 5.41) is 14.3. The molecular formula is C20H14ClFN2O2. The van der Waals surface area contributed by atoms with E-state index in [9.17, 15) is 9.50 Å². The van der Waals surface area contributed by atoms with E-state index in [0.29, 0.717) is 11.2 Å². The zero-order valence-electron chi connectivity index (χ0n) is 15.4. The molecule has 0 unspecified atom stereocenters. The van der Waals surface area contributed by atoms with Crippen molar-refractivity contribution >= 4 is 22.5 Å². The van der Waals surface area contributed by atoms with Crippen molar-refractivity contribution in [3.05, 3.63) is 83.2 Å². The molecule has 4 rings (SSSR count). The van der Waals surface area contributed by atoms with E-state index in [0.717, 1.165) is 5.56 Å². The van der Waals surface area contributed by atoms with Crippen LogP contribution >= 0.6 is 11.6 Å². The van der Waals surface area contributed by atoms with Gasteiger partial charge in [0, 0.05) is 11.1 Å². The van der Waals surface area contributed by atoms with E-state index in [1.807, 2.05) is 30.3 Å². The lowest BCUT2D eigenvalue weighted by molar-refractivity contribution is 0.290. The third-order valence-corrected chi connectivity index (χ3v) is 4.08. The van der Waals surface area contributed by atoms with Crippen LogP contribution < -0.4 is 4.74 Å². The highest BCUT2D eigenvalue weighted by molar-refractivity contribution is 6.31. The lowest BCUT2D eigenvalue weighted by Crippen LogP contribution is -2.00. The summed E-state index contributed by atoms with van der Waals surface area (Å²) in [4.78, 5) is 0. The third kappa shape index (κ3) is 3.09. The van der Waals surface area contributed by atoms with Gasteiger partial charge in [0.1, 0.15) is 12.4 Å². The summed E-state index contributed by atoms with van der Waals surface area (Å²) in [6, 6.07) is 14.8. The van der Waals surface area contributed by atoms with Gasteiger partial charge >= 0.3 is 0 Å². The van der Waals surface area contributed by atoms with E-state index in [1.165, 1.54) is 22.9 Å². The number of hydrogen-bond donors (Lipinski definition) is 1. The first-order valence-corrected chi connectivity index (χ1v) is 8.17. The zero-order valence-corrected chi connectivity index (χ0v) is 14.2. The molecule has 26 heavy (non-hydrogen) atoms. The van der Waals surface area contributed by atoms with Crippen molar-refractivity contribution in [2.45, 2.75) is 6.61 Å². The summed E-state index contributed by atoms with van der Waals surface area (Å²) in [6.45, 7) is 0.231. The molecule has 1 N–H and O–H groups in total. The summed E-state index contributed by atoms with van der Waals surface area (Å²) < 4.78 is 37.1. The van der Waals surface area contributed by atoms with Crippen LogP contribution in [-0.2, 0) is 6.61 Å².